The van der Waals surface area contributed by atoms with Crippen molar-refractivity contribution < 1.29 is 19.1 Å². The van der Waals surface area contributed by atoms with Gasteiger partial charge in [0.05, 0.1) is 17.9 Å². The second kappa shape index (κ2) is 7.39. The average Bonchev–Trinajstić information content (AvgIpc) is 3.02. The summed E-state index contributed by atoms with van der Waals surface area (Å²) in [7, 11) is 0. The zero-order valence-electron chi connectivity index (χ0n) is 16.1. The molecule has 1 N–H and O–H groups in total. The number of carbonyl (C=O) groups excluding carboxylic acids is 3. The molecule has 0 aliphatic carbocycles. The molecule has 0 saturated heterocycles. The molecule has 1 aliphatic rings. The minimum atomic E-state index is -0.703. The molecule has 3 aromatic carbocycles. The first-order chi connectivity index (χ1) is 14.0. The predicted molar refractivity (Wildman–Crippen MR) is 111 cm³/mol. The maximum Gasteiger partial charge on any atom is 0.338 e. The second-order valence-corrected chi connectivity index (χ2v) is 6.82. The van der Waals surface area contributed by atoms with Gasteiger partial charge in [0, 0.05) is 16.6 Å². The number of carbonyl (C=O) groups is 3. The van der Waals surface area contributed by atoms with Gasteiger partial charge < -0.3 is 10.1 Å². The van der Waals surface area contributed by atoms with Gasteiger partial charge >= 0.3 is 5.97 Å². The molecular formula is C23H20N2O4. The molecule has 2 amide bonds. The van der Waals surface area contributed by atoms with Gasteiger partial charge in [-0.1, -0.05) is 24.3 Å². The molecule has 0 unspecified atom stereocenters. The van der Waals surface area contributed by atoms with E-state index >= 15 is 0 Å². The Kier molecular flexibility index (Phi) is 4.76. The summed E-state index contributed by atoms with van der Waals surface area (Å²) in [5.41, 5.74) is 2.30. The summed E-state index contributed by atoms with van der Waals surface area (Å²) >= 11 is 0. The molecule has 0 saturated carbocycles. The number of nitrogens with zero attached hydrogens (tertiary/aromatic N) is 1. The van der Waals surface area contributed by atoms with E-state index in [2.05, 4.69) is 5.32 Å². The van der Waals surface area contributed by atoms with Crippen LogP contribution in [-0.2, 0) is 9.53 Å². The van der Waals surface area contributed by atoms with Gasteiger partial charge in [-0.15, -0.1) is 0 Å². The molecule has 3 aromatic rings. The Hall–Kier alpha value is -3.67. The molecule has 0 bridgehead atoms. The number of amides is 2. The molecule has 6 nitrogen and oxygen atoms in total. The fourth-order valence-corrected chi connectivity index (χ4v) is 3.59. The third-order valence-corrected chi connectivity index (χ3v) is 5.02. The van der Waals surface area contributed by atoms with Crippen molar-refractivity contribution in [3.63, 3.8) is 0 Å². The van der Waals surface area contributed by atoms with Crippen LogP contribution in [0.3, 0.4) is 0 Å². The lowest BCUT2D eigenvalue weighted by molar-refractivity contribution is -0.117. The van der Waals surface area contributed by atoms with Crippen LogP contribution in [0, 0.1) is 0 Å². The first-order valence-electron chi connectivity index (χ1n) is 9.44. The van der Waals surface area contributed by atoms with E-state index in [0.717, 1.165) is 16.5 Å². The minimum absolute atomic E-state index is 0.183. The standard InChI is InChI=1S/C23H20N2O4/c1-3-29-23(28)16-10-12-17(13-11-16)24-21(26)14(2)25-19-9-5-7-15-6-4-8-18(20(15)19)22(25)27/h4-14H,3H2,1-2H3,(H,24,26)/t14-/m1/s1. The average molecular weight is 388 g/mol. The molecule has 1 atom stereocenters. The lowest BCUT2D eigenvalue weighted by Gasteiger charge is -2.24. The number of nitrogens with one attached hydrogen (secondary N) is 1. The van der Waals surface area contributed by atoms with Crippen LogP contribution in [-0.4, -0.2) is 30.4 Å². The number of hydrogen-bond donors (Lipinski definition) is 1. The van der Waals surface area contributed by atoms with Crippen molar-refractivity contribution in [3.05, 3.63) is 71.8 Å². The van der Waals surface area contributed by atoms with Crippen molar-refractivity contribution in [2.45, 2.75) is 19.9 Å². The van der Waals surface area contributed by atoms with E-state index in [0.29, 0.717) is 23.4 Å². The third-order valence-electron chi connectivity index (χ3n) is 5.02. The Morgan fingerprint density at radius 2 is 1.72 bits per heavy atom. The van der Waals surface area contributed by atoms with Crippen molar-refractivity contribution in [2.24, 2.45) is 0 Å². The van der Waals surface area contributed by atoms with Crippen LogP contribution in [0.1, 0.15) is 34.6 Å². The molecule has 29 heavy (non-hydrogen) atoms. The highest BCUT2D eigenvalue weighted by molar-refractivity contribution is 6.26. The van der Waals surface area contributed by atoms with Crippen LogP contribution >= 0.6 is 0 Å². The SMILES string of the molecule is CCOC(=O)c1ccc(NC(=O)[C@@H](C)N2C(=O)c3cccc4cccc2c34)cc1. The number of hydrogen-bond acceptors (Lipinski definition) is 4. The molecular weight excluding hydrogens is 368 g/mol. The number of ether oxygens (including phenoxy) is 1. The minimum Gasteiger partial charge on any atom is -0.462 e. The van der Waals surface area contributed by atoms with Crippen LogP contribution in [0.5, 0.6) is 0 Å². The Morgan fingerprint density at radius 1 is 1.03 bits per heavy atom. The highest BCUT2D eigenvalue weighted by atomic mass is 16.5. The summed E-state index contributed by atoms with van der Waals surface area (Å²) in [4.78, 5) is 39.1. The van der Waals surface area contributed by atoms with E-state index in [1.165, 1.54) is 4.90 Å². The normalized spacial score (nSPS) is 13.4. The summed E-state index contributed by atoms with van der Waals surface area (Å²) in [6.07, 6.45) is 0. The van der Waals surface area contributed by atoms with Gasteiger partial charge in [0.1, 0.15) is 6.04 Å². The van der Waals surface area contributed by atoms with Crippen LogP contribution < -0.4 is 10.2 Å². The molecule has 4 rings (SSSR count). The third kappa shape index (κ3) is 3.23. The van der Waals surface area contributed by atoms with Crippen LogP contribution in [0.25, 0.3) is 10.8 Å². The predicted octanol–water partition coefficient (Wildman–Crippen LogP) is 4.00. The van der Waals surface area contributed by atoms with E-state index < -0.39 is 12.0 Å². The van der Waals surface area contributed by atoms with Crippen molar-refractivity contribution in [1.82, 2.24) is 0 Å². The quantitative estimate of drug-likeness (QED) is 0.670. The maximum absolute atomic E-state index is 13.0. The maximum atomic E-state index is 13.0. The molecule has 0 spiro atoms. The van der Waals surface area contributed by atoms with Crippen molar-refractivity contribution in [1.29, 1.82) is 0 Å². The Balaban J connectivity index is 1.54. The molecule has 1 heterocycles. The number of rotatable bonds is 5. The van der Waals surface area contributed by atoms with Gasteiger partial charge in [-0.3, -0.25) is 14.5 Å². The summed E-state index contributed by atoms with van der Waals surface area (Å²) in [5.74, 6) is -0.906. The highest BCUT2D eigenvalue weighted by Crippen LogP contribution is 2.38. The highest BCUT2D eigenvalue weighted by Gasteiger charge is 2.35. The molecule has 0 fully saturated rings. The Morgan fingerprint density at radius 3 is 2.41 bits per heavy atom. The van der Waals surface area contributed by atoms with E-state index in [1.807, 2.05) is 30.3 Å². The Labute approximate surface area is 168 Å². The molecule has 0 aromatic heterocycles. The summed E-state index contributed by atoms with van der Waals surface area (Å²) in [6.45, 7) is 3.74. The molecule has 6 heteroatoms. The smallest absolute Gasteiger partial charge is 0.338 e. The monoisotopic (exact) mass is 388 g/mol. The zero-order valence-corrected chi connectivity index (χ0v) is 16.1. The largest absolute Gasteiger partial charge is 0.462 e. The lowest BCUT2D eigenvalue weighted by atomic mass is 10.1. The van der Waals surface area contributed by atoms with E-state index in [4.69, 9.17) is 4.74 Å². The second-order valence-electron chi connectivity index (χ2n) is 6.82. The summed E-state index contributed by atoms with van der Waals surface area (Å²) in [5, 5.41) is 4.66. The van der Waals surface area contributed by atoms with Crippen LogP contribution in [0.15, 0.2) is 60.7 Å². The molecule has 0 radical (unpaired) electrons. The Bertz CT molecular complexity index is 1120. The number of esters is 1. The zero-order chi connectivity index (χ0) is 20.5. The van der Waals surface area contributed by atoms with Gasteiger partial charge in [0.2, 0.25) is 5.91 Å². The van der Waals surface area contributed by atoms with E-state index in [-0.39, 0.29) is 11.8 Å². The summed E-state index contributed by atoms with van der Waals surface area (Å²) < 4.78 is 4.95. The van der Waals surface area contributed by atoms with Gasteiger partial charge in [0.15, 0.2) is 0 Å². The van der Waals surface area contributed by atoms with Crippen molar-refractivity contribution in [2.75, 3.05) is 16.8 Å². The van der Waals surface area contributed by atoms with Gasteiger partial charge in [-0.25, -0.2) is 4.79 Å². The fourth-order valence-electron chi connectivity index (χ4n) is 3.59. The van der Waals surface area contributed by atoms with Crippen molar-refractivity contribution >= 4 is 39.9 Å². The van der Waals surface area contributed by atoms with Crippen LogP contribution in [0.2, 0.25) is 0 Å². The first kappa shape index (κ1) is 18.7. The topological polar surface area (TPSA) is 75.7 Å². The van der Waals surface area contributed by atoms with Crippen molar-refractivity contribution in [3.8, 4) is 0 Å². The van der Waals surface area contributed by atoms with Crippen LogP contribution in [0.4, 0.5) is 11.4 Å². The van der Waals surface area contributed by atoms with Gasteiger partial charge in [-0.05, 0) is 55.6 Å². The van der Waals surface area contributed by atoms with Gasteiger partial charge in [-0.2, -0.15) is 0 Å². The lowest BCUT2D eigenvalue weighted by Crippen LogP contribution is -2.44. The first-order valence-corrected chi connectivity index (χ1v) is 9.44. The number of benzene rings is 3. The molecule has 146 valence electrons. The van der Waals surface area contributed by atoms with E-state index in [9.17, 15) is 14.4 Å². The van der Waals surface area contributed by atoms with Gasteiger partial charge in [0.25, 0.3) is 5.91 Å². The number of anilines is 2. The fraction of sp³-hybridized carbons (Fsp3) is 0.174. The summed E-state index contributed by atoms with van der Waals surface area (Å²) in [6, 6.07) is 17.0. The molecule has 1 aliphatic heterocycles. The van der Waals surface area contributed by atoms with E-state index in [1.54, 1.807) is 44.2 Å².